The number of hydrogen-bond donors (Lipinski definition) is 1. The molecule has 0 heterocycles. The van der Waals surface area contributed by atoms with Crippen LogP contribution in [0.4, 0.5) is 5.69 Å². The maximum absolute atomic E-state index is 12.9. The predicted octanol–water partition coefficient (Wildman–Crippen LogP) is 4.50. The summed E-state index contributed by atoms with van der Waals surface area (Å²) in [6.45, 7) is 3.00. The summed E-state index contributed by atoms with van der Waals surface area (Å²) in [5, 5.41) is 2.77. The first-order valence-electron chi connectivity index (χ1n) is 9.78. The minimum absolute atomic E-state index is 0.107. The third kappa shape index (κ3) is 6.27. The van der Waals surface area contributed by atoms with Crippen LogP contribution >= 0.6 is 0 Å². The van der Waals surface area contributed by atoms with Crippen molar-refractivity contribution < 1.29 is 23.9 Å². The molecule has 0 aliphatic carbocycles. The van der Waals surface area contributed by atoms with Crippen LogP contribution in [0, 0.1) is 6.92 Å². The Bertz CT molecular complexity index is 1060. The number of nitrogens with one attached hydrogen (secondary N) is 1. The number of aryl methyl sites for hydroxylation is 1. The summed E-state index contributed by atoms with van der Waals surface area (Å²) in [6.07, 6.45) is -1.14. The maximum Gasteiger partial charge on any atom is 0.345 e. The normalized spacial score (nSPS) is 11.3. The van der Waals surface area contributed by atoms with Crippen LogP contribution in [-0.2, 0) is 14.3 Å². The average molecular weight is 417 g/mol. The van der Waals surface area contributed by atoms with Gasteiger partial charge in [-0.2, -0.15) is 0 Å². The molecule has 3 aromatic carbocycles. The molecule has 6 nitrogen and oxygen atoms in total. The molecule has 1 atom stereocenters. The zero-order valence-electron chi connectivity index (χ0n) is 17.3. The van der Waals surface area contributed by atoms with Gasteiger partial charge in [0.15, 0.2) is 12.4 Å². The highest BCUT2D eigenvalue weighted by Gasteiger charge is 2.25. The number of ketones is 1. The Balaban J connectivity index is 1.69. The van der Waals surface area contributed by atoms with Crippen LogP contribution in [0.5, 0.6) is 5.75 Å². The molecule has 3 rings (SSSR count). The molecule has 158 valence electrons. The van der Waals surface area contributed by atoms with Gasteiger partial charge in [0.1, 0.15) is 5.75 Å². The van der Waals surface area contributed by atoms with Crippen molar-refractivity contribution >= 4 is 23.3 Å². The van der Waals surface area contributed by atoms with Gasteiger partial charge < -0.3 is 14.8 Å². The third-order valence-electron chi connectivity index (χ3n) is 4.51. The smallest absolute Gasteiger partial charge is 0.345 e. The lowest BCUT2D eigenvalue weighted by Gasteiger charge is -2.18. The van der Waals surface area contributed by atoms with E-state index in [4.69, 9.17) is 9.47 Å². The Morgan fingerprint density at radius 1 is 0.903 bits per heavy atom. The van der Waals surface area contributed by atoms with Crippen molar-refractivity contribution in [2.45, 2.75) is 20.0 Å². The Labute approximate surface area is 180 Å². The second-order valence-corrected chi connectivity index (χ2v) is 7.01. The van der Waals surface area contributed by atoms with E-state index in [-0.39, 0.29) is 5.78 Å². The van der Waals surface area contributed by atoms with Crippen LogP contribution in [0.15, 0.2) is 78.9 Å². The molecule has 0 aliphatic heterocycles. The molecular weight excluding hydrogens is 394 g/mol. The van der Waals surface area contributed by atoms with E-state index < -0.39 is 24.6 Å². The van der Waals surface area contributed by atoms with E-state index in [2.05, 4.69) is 5.32 Å². The van der Waals surface area contributed by atoms with E-state index in [1.165, 1.54) is 6.92 Å². The van der Waals surface area contributed by atoms with Crippen molar-refractivity contribution in [3.8, 4) is 5.75 Å². The van der Waals surface area contributed by atoms with Gasteiger partial charge in [-0.05, 0) is 38.1 Å². The Kier molecular flexibility index (Phi) is 7.17. The summed E-state index contributed by atoms with van der Waals surface area (Å²) in [5.41, 5.74) is 2.68. The average Bonchev–Trinajstić information content (AvgIpc) is 2.78. The van der Waals surface area contributed by atoms with Gasteiger partial charge in [-0.15, -0.1) is 0 Å². The molecule has 0 unspecified atom stereocenters. The standard InChI is InChI=1S/C25H23NO5/c1-17-11-13-21(14-12-17)26-25(29)24(19-7-4-3-5-8-19)31-23(28)16-30-22-10-6-9-20(15-22)18(2)27/h3-15,24H,16H2,1-2H3,(H,26,29)/t24-/m1/s1. The molecule has 31 heavy (non-hydrogen) atoms. The Hall–Kier alpha value is -3.93. The molecule has 0 spiro atoms. The first-order valence-corrected chi connectivity index (χ1v) is 9.78. The van der Waals surface area contributed by atoms with Crippen LogP contribution in [0.25, 0.3) is 0 Å². The number of rotatable bonds is 8. The van der Waals surface area contributed by atoms with Crippen LogP contribution in [0.1, 0.15) is 34.5 Å². The third-order valence-corrected chi connectivity index (χ3v) is 4.51. The Morgan fingerprint density at radius 2 is 1.61 bits per heavy atom. The Morgan fingerprint density at radius 3 is 2.29 bits per heavy atom. The molecule has 1 amide bonds. The predicted molar refractivity (Wildman–Crippen MR) is 117 cm³/mol. The summed E-state index contributed by atoms with van der Waals surface area (Å²) in [6, 6.07) is 22.6. The van der Waals surface area contributed by atoms with Gasteiger partial charge in [0.25, 0.3) is 5.91 Å². The second kappa shape index (κ2) is 10.2. The van der Waals surface area contributed by atoms with E-state index in [0.29, 0.717) is 22.6 Å². The number of hydrogen-bond acceptors (Lipinski definition) is 5. The number of anilines is 1. The molecular formula is C25H23NO5. The fourth-order valence-electron chi connectivity index (χ4n) is 2.86. The van der Waals surface area contributed by atoms with Crippen molar-refractivity contribution in [2.75, 3.05) is 11.9 Å². The van der Waals surface area contributed by atoms with Gasteiger partial charge in [0.05, 0.1) is 0 Å². The first-order chi connectivity index (χ1) is 14.9. The maximum atomic E-state index is 12.9. The van der Waals surface area contributed by atoms with E-state index in [1.807, 2.05) is 25.1 Å². The highest BCUT2D eigenvalue weighted by molar-refractivity contribution is 5.96. The van der Waals surface area contributed by atoms with E-state index in [9.17, 15) is 14.4 Å². The van der Waals surface area contributed by atoms with Gasteiger partial charge in [-0.25, -0.2) is 4.79 Å². The lowest BCUT2D eigenvalue weighted by atomic mass is 10.1. The molecule has 0 aromatic heterocycles. The molecule has 0 radical (unpaired) electrons. The number of carbonyl (C=O) groups is 3. The minimum Gasteiger partial charge on any atom is -0.482 e. The lowest BCUT2D eigenvalue weighted by molar-refractivity contribution is -0.156. The fourth-order valence-corrected chi connectivity index (χ4v) is 2.86. The van der Waals surface area contributed by atoms with Crippen LogP contribution in [-0.4, -0.2) is 24.3 Å². The van der Waals surface area contributed by atoms with Crippen molar-refractivity contribution in [2.24, 2.45) is 0 Å². The van der Waals surface area contributed by atoms with Crippen molar-refractivity contribution in [1.82, 2.24) is 0 Å². The van der Waals surface area contributed by atoms with Gasteiger partial charge in [0, 0.05) is 16.8 Å². The monoisotopic (exact) mass is 417 g/mol. The van der Waals surface area contributed by atoms with Crippen molar-refractivity contribution in [3.63, 3.8) is 0 Å². The molecule has 6 heteroatoms. The van der Waals surface area contributed by atoms with Crippen molar-refractivity contribution in [1.29, 1.82) is 0 Å². The molecule has 0 aliphatic rings. The molecule has 0 bridgehead atoms. The molecule has 0 saturated carbocycles. The molecule has 1 N–H and O–H groups in total. The molecule has 0 fully saturated rings. The zero-order chi connectivity index (χ0) is 22.2. The second-order valence-electron chi connectivity index (χ2n) is 7.01. The number of amides is 1. The van der Waals surface area contributed by atoms with Crippen LogP contribution in [0.2, 0.25) is 0 Å². The minimum atomic E-state index is -1.14. The quantitative estimate of drug-likeness (QED) is 0.431. The van der Waals surface area contributed by atoms with Gasteiger partial charge in [-0.1, -0.05) is 60.2 Å². The number of carbonyl (C=O) groups excluding carboxylic acids is 3. The summed E-state index contributed by atoms with van der Waals surface area (Å²) in [7, 11) is 0. The van der Waals surface area contributed by atoms with Gasteiger partial charge in [-0.3, -0.25) is 9.59 Å². The van der Waals surface area contributed by atoms with Crippen LogP contribution < -0.4 is 10.1 Å². The van der Waals surface area contributed by atoms with Crippen LogP contribution in [0.3, 0.4) is 0 Å². The number of Topliss-reactive ketones (excluding diaryl/α,β-unsaturated/α-hetero) is 1. The number of benzene rings is 3. The summed E-state index contributed by atoms with van der Waals surface area (Å²) in [4.78, 5) is 36.8. The summed E-state index contributed by atoms with van der Waals surface area (Å²) in [5.74, 6) is -0.918. The largest absolute Gasteiger partial charge is 0.482 e. The number of ether oxygens (including phenoxy) is 2. The van der Waals surface area contributed by atoms with Gasteiger partial charge >= 0.3 is 5.97 Å². The fraction of sp³-hybridized carbons (Fsp3) is 0.160. The first kappa shape index (κ1) is 21.8. The topological polar surface area (TPSA) is 81.7 Å². The molecule has 3 aromatic rings. The lowest BCUT2D eigenvalue weighted by Crippen LogP contribution is -2.28. The van der Waals surface area contributed by atoms with Gasteiger partial charge in [0.2, 0.25) is 6.10 Å². The highest BCUT2D eigenvalue weighted by Crippen LogP contribution is 2.21. The SMILES string of the molecule is CC(=O)c1cccc(OCC(=O)O[C@@H](C(=O)Nc2ccc(C)cc2)c2ccccc2)c1. The summed E-state index contributed by atoms with van der Waals surface area (Å²) < 4.78 is 10.9. The zero-order valence-corrected chi connectivity index (χ0v) is 17.3. The number of esters is 1. The van der Waals surface area contributed by atoms with E-state index in [1.54, 1.807) is 60.7 Å². The van der Waals surface area contributed by atoms with E-state index in [0.717, 1.165) is 5.56 Å². The van der Waals surface area contributed by atoms with E-state index >= 15 is 0 Å². The van der Waals surface area contributed by atoms with Crippen molar-refractivity contribution in [3.05, 3.63) is 95.6 Å². The molecule has 0 saturated heterocycles. The highest BCUT2D eigenvalue weighted by atomic mass is 16.6. The summed E-state index contributed by atoms with van der Waals surface area (Å²) >= 11 is 0.